The fourth-order valence-electron chi connectivity index (χ4n) is 1.78. The van der Waals surface area contributed by atoms with E-state index in [0.29, 0.717) is 6.54 Å². The van der Waals surface area contributed by atoms with Gasteiger partial charge in [0.2, 0.25) is 0 Å². The Labute approximate surface area is 152 Å². The van der Waals surface area contributed by atoms with Gasteiger partial charge >= 0.3 is 0 Å². The molecule has 2 rings (SSSR count). The van der Waals surface area contributed by atoms with Crippen LogP contribution in [0.4, 0.5) is 0 Å². The van der Waals surface area contributed by atoms with E-state index in [1.165, 1.54) is 0 Å². The Balaban J connectivity index is 0.00000242. The maximum atomic E-state index is 4.31. The van der Waals surface area contributed by atoms with Gasteiger partial charge in [0.25, 0.3) is 0 Å². The fourth-order valence-corrected chi connectivity index (χ4v) is 2.08. The summed E-state index contributed by atoms with van der Waals surface area (Å²) in [6, 6.07) is 5.87. The third kappa shape index (κ3) is 5.84. The van der Waals surface area contributed by atoms with Crippen molar-refractivity contribution >= 4 is 41.7 Å². The zero-order valence-corrected chi connectivity index (χ0v) is 15.8. The molecule has 0 unspecified atom stereocenters. The van der Waals surface area contributed by atoms with Crippen molar-refractivity contribution in [1.29, 1.82) is 0 Å². The number of nitrogens with one attached hydrogen (secondary N) is 2. The van der Waals surface area contributed by atoms with Crippen molar-refractivity contribution in [2.45, 2.75) is 6.54 Å². The standard InChI is InChI=1S/C14H20N6S.HI/c1-15-14(17-7-9-21-2)18-11-12-4-6-16-13(10-12)20-8-3-5-19-20;/h3-6,8,10H,7,9,11H2,1-2H3,(H2,15,17,18);1H. The third-order valence-electron chi connectivity index (χ3n) is 2.83. The van der Waals surface area contributed by atoms with Crippen LogP contribution in [0.3, 0.4) is 0 Å². The van der Waals surface area contributed by atoms with Crippen LogP contribution in [-0.4, -0.2) is 46.3 Å². The average Bonchev–Trinajstić information content (AvgIpc) is 3.05. The molecule has 0 bridgehead atoms. The van der Waals surface area contributed by atoms with Gasteiger partial charge in [0.1, 0.15) is 0 Å². The first-order chi connectivity index (χ1) is 10.3. The number of pyridine rings is 1. The molecular weight excluding hydrogens is 411 g/mol. The lowest BCUT2D eigenvalue weighted by atomic mass is 10.2. The maximum absolute atomic E-state index is 4.31. The average molecular weight is 432 g/mol. The predicted octanol–water partition coefficient (Wildman–Crippen LogP) is 1.91. The lowest BCUT2D eigenvalue weighted by Gasteiger charge is -2.11. The maximum Gasteiger partial charge on any atom is 0.191 e. The van der Waals surface area contributed by atoms with Crippen LogP contribution < -0.4 is 10.6 Å². The Kier molecular flexibility index (Phi) is 8.90. The first-order valence-corrected chi connectivity index (χ1v) is 8.11. The molecule has 2 aromatic rings. The minimum Gasteiger partial charge on any atom is -0.356 e. The van der Waals surface area contributed by atoms with Crippen LogP contribution in [0.15, 0.2) is 41.8 Å². The second-order valence-electron chi connectivity index (χ2n) is 4.32. The first-order valence-electron chi connectivity index (χ1n) is 6.72. The molecule has 0 saturated carbocycles. The van der Waals surface area contributed by atoms with Crippen LogP contribution >= 0.6 is 35.7 Å². The van der Waals surface area contributed by atoms with E-state index in [4.69, 9.17) is 0 Å². The molecule has 2 heterocycles. The summed E-state index contributed by atoms with van der Waals surface area (Å²) in [4.78, 5) is 8.51. The highest BCUT2D eigenvalue weighted by Gasteiger charge is 2.01. The Morgan fingerprint density at radius 3 is 2.91 bits per heavy atom. The molecular formula is C14H21IN6S. The van der Waals surface area contributed by atoms with Gasteiger partial charge in [0.15, 0.2) is 11.8 Å². The van der Waals surface area contributed by atoms with E-state index >= 15 is 0 Å². The lowest BCUT2D eigenvalue weighted by Crippen LogP contribution is -2.37. The molecule has 0 amide bonds. The van der Waals surface area contributed by atoms with Gasteiger partial charge in [-0.15, -0.1) is 24.0 Å². The van der Waals surface area contributed by atoms with Gasteiger partial charge in [0, 0.05) is 44.5 Å². The molecule has 0 aliphatic heterocycles. The van der Waals surface area contributed by atoms with Crippen molar-refractivity contribution in [2.24, 2.45) is 4.99 Å². The summed E-state index contributed by atoms with van der Waals surface area (Å²) < 4.78 is 1.75. The smallest absolute Gasteiger partial charge is 0.191 e. The summed E-state index contributed by atoms with van der Waals surface area (Å²) in [6.07, 6.45) is 7.50. The Morgan fingerprint density at radius 1 is 1.36 bits per heavy atom. The Bertz CT molecular complexity index is 572. The third-order valence-corrected chi connectivity index (χ3v) is 3.44. The second kappa shape index (κ2) is 10.4. The number of rotatable bonds is 6. The summed E-state index contributed by atoms with van der Waals surface area (Å²) in [7, 11) is 1.77. The molecule has 0 atom stereocenters. The van der Waals surface area contributed by atoms with Crippen LogP contribution in [0.5, 0.6) is 0 Å². The molecule has 0 aliphatic carbocycles. The topological polar surface area (TPSA) is 67.1 Å². The number of aliphatic imine (C=N–C) groups is 1. The van der Waals surface area contributed by atoms with Crippen molar-refractivity contribution in [3.05, 3.63) is 42.4 Å². The molecule has 120 valence electrons. The van der Waals surface area contributed by atoms with Crippen LogP contribution in [0.1, 0.15) is 5.56 Å². The summed E-state index contributed by atoms with van der Waals surface area (Å²) in [5.41, 5.74) is 1.13. The highest BCUT2D eigenvalue weighted by molar-refractivity contribution is 14.0. The van der Waals surface area contributed by atoms with E-state index < -0.39 is 0 Å². The van der Waals surface area contributed by atoms with E-state index in [-0.39, 0.29) is 24.0 Å². The SMILES string of the molecule is CN=C(NCCSC)NCc1ccnc(-n2cccn2)c1.I. The zero-order valence-electron chi connectivity index (χ0n) is 12.7. The van der Waals surface area contributed by atoms with Crippen molar-refractivity contribution in [2.75, 3.05) is 25.6 Å². The zero-order chi connectivity index (χ0) is 14.9. The monoisotopic (exact) mass is 432 g/mol. The summed E-state index contributed by atoms with van der Waals surface area (Å²) in [5, 5.41) is 10.7. The highest BCUT2D eigenvalue weighted by Crippen LogP contribution is 2.05. The van der Waals surface area contributed by atoms with E-state index in [1.807, 2.05) is 24.4 Å². The van der Waals surface area contributed by atoms with Crippen LogP contribution in [0, 0.1) is 0 Å². The minimum atomic E-state index is 0. The van der Waals surface area contributed by atoms with Gasteiger partial charge in [-0.05, 0) is 30.0 Å². The molecule has 22 heavy (non-hydrogen) atoms. The molecule has 2 aromatic heterocycles. The Morgan fingerprint density at radius 2 is 2.23 bits per heavy atom. The van der Waals surface area contributed by atoms with Crippen molar-refractivity contribution < 1.29 is 0 Å². The van der Waals surface area contributed by atoms with Gasteiger partial charge < -0.3 is 10.6 Å². The van der Waals surface area contributed by atoms with E-state index in [2.05, 4.69) is 32.0 Å². The molecule has 8 heteroatoms. The van der Waals surface area contributed by atoms with E-state index in [0.717, 1.165) is 29.6 Å². The molecule has 0 saturated heterocycles. The normalized spacial score (nSPS) is 10.9. The van der Waals surface area contributed by atoms with E-state index in [9.17, 15) is 0 Å². The van der Waals surface area contributed by atoms with Gasteiger partial charge in [-0.25, -0.2) is 9.67 Å². The molecule has 0 fully saturated rings. The van der Waals surface area contributed by atoms with Gasteiger partial charge in [-0.2, -0.15) is 16.9 Å². The molecule has 2 N–H and O–H groups in total. The van der Waals surface area contributed by atoms with Crippen LogP contribution in [-0.2, 0) is 6.54 Å². The summed E-state index contributed by atoms with van der Waals surface area (Å²) in [5.74, 6) is 2.67. The van der Waals surface area contributed by atoms with Crippen molar-refractivity contribution in [1.82, 2.24) is 25.4 Å². The van der Waals surface area contributed by atoms with Gasteiger partial charge in [-0.1, -0.05) is 0 Å². The number of hydrogen-bond donors (Lipinski definition) is 2. The minimum absolute atomic E-state index is 0. The second-order valence-corrected chi connectivity index (χ2v) is 5.30. The molecule has 0 aliphatic rings. The number of thioether (sulfide) groups is 1. The number of halogens is 1. The van der Waals surface area contributed by atoms with Crippen molar-refractivity contribution in [3.8, 4) is 5.82 Å². The summed E-state index contributed by atoms with van der Waals surface area (Å²) >= 11 is 1.81. The van der Waals surface area contributed by atoms with Crippen molar-refractivity contribution in [3.63, 3.8) is 0 Å². The molecule has 6 nitrogen and oxygen atoms in total. The van der Waals surface area contributed by atoms with Gasteiger partial charge in [0.05, 0.1) is 0 Å². The van der Waals surface area contributed by atoms with E-state index in [1.54, 1.807) is 35.9 Å². The van der Waals surface area contributed by atoms with Gasteiger partial charge in [-0.3, -0.25) is 4.99 Å². The van der Waals surface area contributed by atoms with Crippen LogP contribution in [0.2, 0.25) is 0 Å². The first kappa shape index (κ1) is 18.8. The van der Waals surface area contributed by atoms with Crippen LogP contribution in [0.25, 0.3) is 5.82 Å². The quantitative estimate of drug-likeness (QED) is 0.316. The highest BCUT2D eigenvalue weighted by atomic mass is 127. The summed E-state index contributed by atoms with van der Waals surface area (Å²) in [6.45, 7) is 1.59. The number of hydrogen-bond acceptors (Lipinski definition) is 4. The molecule has 0 radical (unpaired) electrons. The molecule has 0 spiro atoms. The number of nitrogens with zero attached hydrogens (tertiary/aromatic N) is 4. The number of guanidine groups is 1. The predicted molar refractivity (Wildman–Crippen MR) is 103 cm³/mol. The largest absolute Gasteiger partial charge is 0.356 e. The molecule has 0 aromatic carbocycles. The fraction of sp³-hybridized carbons (Fsp3) is 0.357. The Hall–Kier alpha value is -1.29. The lowest BCUT2D eigenvalue weighted by molar-refractivity contribution is 0.815. The number of aromatic nitrogens is 3.